The van der Waals surface area contributed by atoms with Gasteiger partial charge in [0.2, 0.25) is 0 Å². The SMILES string of the molecule is CCCNc1ccc([N+](=O)[O-])cc1C(=O)N(C)CCSC. The van der Waals surface area contributed by atoms with Gasteiger partial charge in [-0.15, -0.1) is 0 Å². The second kappa shape index (κ2) is 8.51. The minimum absolute atomic E-state index is 0.0707. The largest absolute Gasteiger partial charge is 0.384 e. The summed E-state index contributed by atoms with van der Waals surface area (Å²) in [6.07, 6.45) is 2.88. The Hall–Kier alpha value is -1.76. The lowest BCUT2D eigenvalue weighted by molar-refractivity contribution is -0.384. The number of thioether (sulfide) groups is 1. The Morgan fingerprint density at radius 3 is 2.76 bits per heavy atom. The second-order valence-electron chi connectivity index (χ2n) is 4.63. The number of carbonyl (C=O) groups excluding carboxylic acids is 1. The lowest BCUT2D eigenvalue weighted by Crippen LogP contribution is -2.29. The summed E-state index contributed by atoms with van der Waals surface area (Å²) in [6, 6.07) is 4.36. The Bertz CT molecular complexity index is 508. The molecule has 1 rings (SSSR count). The van der Waals surface area contributed by atoms with E-state index in [0.29, 0.717) is 24.3 Å². The van der Waals surface area contributed by atoms with Crippen molar-refractivity contribution in [1.82, 2.24) is 4.90 Å². The Labute approximate surface area is 129 Å². The van der Waals surface area contributed by atoms with Crippen LogP contribution in [0.4, 0.5) is 11.4 Å². The van der Waals surface area contributed by atoms with E-state index in [1.165, 1.54) is 12.1 Å². The lowest BCUT2D eigenvalue weighted by atomic mass is 10.1. The summed E-state index contributed by atoms with van der Waals surface area (Å²) >= 11 is 1.65. The molecule has 116 valence electrons. The monoisotopic (exact) mass is 311 g/mol. The first-order valence-electron chi connectivity index (χ1n) is 6.78. The molecule has 0 spiro atoms. The van der Waals surface area contributed by atoms with Gasteiger partial charge < -0.3 is 10.2 Å². The van der Waals surface area contributed by atoms with Crippen LogP contribution >= 0.6 is 11.8 Å². The molecule has 21 heavy (non-hydrogen) atoms. The number of amides is 1. The Morgan fingerprint density at radius 1 is 1.48 bits per heavy atom. The number of nitro groups is 1. The standard InChI is InChI=1S/C14H21N3O3S/c1-4-7-15-13-6-5-11(17(19)20)10-12(13)14(18)16(2)8-9-21-3/h5-6,10,15H,4,7-9H2,1-3H3. The molecule has 1 amide bonds. The molecule has 0 atom stereocenters. The van der Waals surface area contributed by atoms with Crippen molar-refractivity contribution in [3.05, 3.63) is 33.9 Å². The average molecular weight is 311 g/mol. The molecule has 0 radical (unpaired) electrons. The third-order valence-electron chi connectivity index (χ3n) is 2.99. The van der Waals surface area contributed by atoms with Gasteiger partial charge in [-0.05, 0) is 18.7 Å². The molecule has 0 aliphatic carbocycles. The topological polar surface area (TPSA) is 75.5 Å². The van der Waals surface area contributed by atoms with Crippen LogP contribution in [0.25, 0.3) is 0 Å². The predicted molar refractivity (Wildman–Crippen MR) is 87.2 cm³/mol. The summed E-state index contributed by atoms with van der Waals surface area (Å²) in [5.74, 6) is 0.626. The molecule has 7 heteroatoms. The van der Waals surface area contributed by atoms with E-state index < -0.39 is 4.92 Å². The molecule has 1 aromatic rings. The van der Waals surface area contributed by atoms with E-state index in [-0.39, 0.29) is 11.6 Å². The van der Waals surface area contributed by atoms with Gasteiger partial charge in [0.05, 0.1) is 10.5 Å². The Balaban J connectivity index is 3.06. The van der Waals surface area contributed by atoms with Crippen LogP contribution in [0.5, 0.6) is 0 Å². The molecule has 6 nitrogen and oxygen atoms in total. The van der Waals surface area contributed by atoms with Crippen molar-refractivity contribution < 1.29 is 9.72 Å². The fourth-order valence-corrected chi connectivity index (χ4v) is 2.23. The predicted octanol–water partition coefficient (Wildman–Crippen LogP) is 2.85. The number of nitrogens with zero attached hydrogens (tertiary/aromatic N) is 2. The third kappa shape index (κ3) is 4.93. The van der Waals surface area contributed by atoms with Crippen LogP contribution in [0, 0.1) is 10.1 Å². The van der Waals surface area contributed by atoms with Crippen molar-refractivity contribution in [2.24, 2.45) is 0 Å². The molecule has 0 aliphatic heterocycles. The molecule has 1 aromatic carbocycles. The second-order valence-corrected chi connectivity index (χ2v) is 5.62. The summed E-state index contributed by atoms with van der Waals surface area (Å²) in [4.78, 5) is 24.5. The van der Waals surface area contributed by atoms with Crippen molar-refractivity contribution >= 4 is 29.0 Å². The number of nitro benzene ring substituents is 1. The summed E-state index contributed by atoms with van der Waals surface area (Å²) in [7, 11) is 1.71. The van der Waals surface area contributed by atoms with Gasteiger partial charge in [-0.25, -0.2) is 0 Å². The van der Waals surface area contributed by atoms with Gasteiger partial charge >= 0.3 is 0 Å². The van der Waals surface area contributed by atoms with Crippen molar-refractivity contribution in [2.45, 2.75) is 13.3 Å². The van der Waals surface area contributed by atoms with E-state index in [4.69, 9.17) is 0 Å². The van der Waals surface area contributed by atoms with Crippen LogP contribution in [0.15, 0.2) is 18.2 Å². The van der Waals surface area contributed by atoms with Crippen LogP contribution in [-0.2, 0) is 0 Å². The molecular weight excluding hydrogens is 290 g/mol. The zero-order valence-electron chi connectivity index (χ0n) is 12.6. The van der Waals surface area contributed by atoms with E-state index in [9.17, 15) is 14.9 Å². The number of hydrogen-bond acceptors (Lipinski definition) is 5. The highest BCUT2D eigenvalue weighted by Gasteiger charge is 2.19. The first-order valence-corrected chi connectivity index (χ1v) is 8.17. The van der Waals surface area contributed by atoms with Crippen LogP contribution in [0.2, 0.25) is 0 Å². The summed E-state index contributed by atoms with van der Waals surface area (Å²) in [5, 5.41) is 14.0. The smallest absolute Gasteiger partial charge is 0.270 e. The molecule has 0 fully saturated rings. The number of benzene rings is 1. The fraction of sp³-hybridized carbons (Fsp3) is 0.500. The van der Waals surface area contributed by atoms with Gasteiger partial charge in [0.1, 0.15) is 0 Å². The minimum atomic E-state index is -0.484. The Morgan fingerprint density at radius 2 is 2.19 bits per heavy atom. The van der Waals surface area contributed by atoms with Crippen LogP contribution < -0.4 is 5.32 Å². The van der Waals surface area contributed by atoms with E-state index in [2.05, 4.69) is 5.32 Å². The van der Waals surface area contributed by atoms with E-state index in [1.807, 2.05) is 13.2 Å². The summed E-state index contributed by atoms with van der Waals surface area (Å²) in [5.41, 5.74) is 0.920. The first-order chi connectivity index (χ1) is 10.0. The molecule has 1 N–H and O–H groups in total. The number of non-ortho nitro benzene ring substituents is 1. The van der Waals surface area contributed by atoms with E-state index in [1.54, 1.807) is 29.8 Å². The highest BCUT2D eigenvalue weighted by atomic mass is 32.2. The number of nitrogens with one attached hydrogen (secondary N) is 1. The molecule has 0 saturated heterocycles. The van der Waals surface area contributed by atoms with Crippen molar-refractivity contribution in [3.8, 4) is 0 Å². The number of hydrogen-bond donors (Lipinski definition) is 1. The molecule has 0 heterocycles. The van der Waals surface area contributed by atoms with Gasteiger partial charge in [0.15, 0.2) is 0 Å². The first kappa shape index (κ1) is 17.3. The minimum Gasteiger partial charge on any atom is -0.384 e. The number of carbonyl (C=O) groups is 1. The summed E-state index contributed by atoms with van der Waals surface area (Å²) in [6.45, 7) is 3.34. The molecule has 0 bridgehead atoms. The van der Waals surface area contributed by atoms with Gasteiger partial charge in [-0.2, -0.15) is 11.8 Å². The molecule has 0 aromatic heterocycles. The van der Waals surface area contributed by atoms with Crippen LogP contribution in [0.1, 0.15) is 23.7 Å². The average Bonchev–Trinajstić information content (AvgIpc) is 2.49. The normalized spacial score (nSPS) is 10.2. The quantitative estimate of drug-likeness (QED) is 0.590. The fourth-order valence-electron chi connectivity index (χ4n) is 1.77. The maximum Gasteiger partial charge on any atom is 0.270 e. The van der Waals surface area contributed by atoms with Crippen molar-refractivity contribution in [2.75, 3.05) is 37.5 Å². The van der Waals surface area contributed by atoms with E-state index in [0.717, 1.165) is 12.2 Å². The van der Waals surface area contributed by atoms with Gasteiger partial charge in [0, 0.05) is 43.7 Å². The van der Waals surface area contributed by atoms with Crippen LogP contribution in [-0.4, -0.2) is 47.9 Å². The number of anilines is 1. The Kier molecular flexibility index (Phi) is 7.01. The molecule has 0 saturated carbocycles. The third-order valence-corrected chi connectivity index (χ3v) is 3.58. The summed E-state index contributed by atoms with van der Waals surface area (Å²) < 4.78 is 0. The van der Waals surface area contributed by atoms with Gasteiger partial charge in [-0.1, -0.05) is 6.92 Å². The lowest BCUT2D eigenvalue weighted by Gasteiger charge is -2.19. The highest BCUT2D eigenvalue weighted by Crippen LogP contribution is 2.23. The zero-order valence-corrected chi connectivity index (χ0v) is 13.4. The molecule has 0 aliphatic rings. The van der Waals surface area contributed by atoms with Crippen molar-refractivity contribution in [1.29, 1.82) is 0 Å². The maximum atomic E-state index is 12.5. The molecule has 0 unspecified atom stereocenters. The highest BCUT2D eigenvalue weighted by molar-refractivity contribution is 7.98. The number of rotatable bonds is 8. The van der Waals surface area contributed by atoms with Gasteiger partial charge in [0.25, 0.3) is 11.6 Å². The van der Waals surface area contributed by atoms with E-state index >= 15 is 0 Å². The zero-order chi connectivity index (χ0) is 15.8. The van der Waals surface area contributed by atoms with Crippen molar-refractivity contribution in [3.63, 3.8) is 0 Å². The molecular formula is C14H21N3O3S. The maximum absolute atomic E-state index is 12.5. The van der Waals surface area contributed by atoms with Gasteiger partial charge in [-0.3, -0.25) is 14.9 Å². The van der Waals surface area contributed by atoms with Crippen LogP contribution in [0.3, 0.4) is 0 Å².